The number of aromatic hydroxyl groups is 1. The van der Waals surface area contributed by atoms with Crippen molar-refractivity contribution in [2.24, 2.45) is 5.92 Å². The maximum absolute atomic E-state index is 13.5. The Morgan fingerprint density at radius 1 is 0.974 bits per heavy atom. The van der Waals surface area contributed by atoms with E-state index in [2.05, 4.69) is 15.7 Å². The SMILES string of the molecule is O=C1CN(C(=O)C2CCn3nccc3C2)CCCCNC(=O)c2cccc(c2)-c2cc(ccc2O)CCN1. The predicted molar refractivity (Wildman–Crippen MR) is 142 cm³/mol. The van der Waals surface area contributed by atoms with Gasteiger partial charge >= 0.3 is 0 Å². The summed E-state index contributed by atoms with van der Waals surface area (Å²) in [4.78, 5) is 40.8. The Balaban J connectivity index is 1.32. The fourth-order valence-corrected chi connectivity index (χ4v) is 5.21. The molecule has 0 aliphatic carbocycles. The highest BCUT2D eigenvalue weighted by atomic mass is 16.3. The molecule has 5 rings (SSSR count). The summed E-state index contributed by atoms with van der Waals surface area (Å²) < 4.78 is 1.93. The number of phenols is 1. The smallest absolute Gasteiger partial charge is 0.251 e. The number of nitrogens with one attached hydrogen (secondary N) is 2. The first-order valence-corrected chi connectivity index (χ1v) is 13.2. The van der Waals surface area contributed by atoms with E-state index in [1.54, 1.807) is 35.4 Å². The second-order valence-corrected chi connectivity index (χ2v) is 9.99. The molecule has 2 aliphatic rings. The Bertz CT molecular complexity index is 1330. The molecule has 4 bridgehead atoms. The van der Waals surface area contributed by atoms with Gasteiger partial charge < -0.3 is 20.6 Å². The summed E-state index contributed by atoms with van der Waals surface area (Å²) in [5.41, 5.74) is 3.90. The van der Waals surface area contributed by atoms with Crippen LogP contribution < -0.4 is 10.6 Å². The predicted octanol–water partition coefficient (Wildman–Crippen LogP) is 2.53. The van der Waals surface area contributed by atoms with E-state index in [0.29, 0.717) is 69.4 Å². The van der Waals surface area contributed by atoms with Crippen LogP contribution in [0.5, 0.6) is 5.75 Å². The topological polar surface area (TPSA) is 117 Å². The lowest BCUT2D eigenvalue weighted by Crippen LogP contribution is -2.45. The molecule has 3 heterocycles. The van der Waals surface area contributed by atoms with E-state index in [1.165, 1.54) is 0 Å². The Morgan fingerprint density at radius 2 is 1.84 bits per heavy atom. The summed E-state index contributed by atoms with van der Waals surface area (Å²) >= 11 is 0. The van der Waals surface area contributed by atoms with E-state index < -0.39 is 0 Å². The van der Waals surface area contributed by atoms with Crippen molar-refractivity contribution in [3.8, 4) is 16.9 Å². The lowest BCUT2D eigenvalue weighted by molar-refractivity contribution is -0.140. The number of carbonyl (C=O) groups is 3. The highest BCUT2D eigenvalue weighted by Gasteiger charge is 2.29. The molecule has 3 amide bonds. The normalized spacial score (nSPS) is 18.9. The number of hydrogen-bond acceptors (Lipinski definition) is 5. The second kappa shape index (κ2) is 11.5. The zero-order chi connectivity index (χ0) is 26.5. The lowest BCUT2D eigenvalue weighted by atomic mass is 9.94. The van der Waals surface area contributed by atoms with Crippen LogP contribution in [-0.2, 0) is 29.0 Å². The van der Waals surface area contributed by atoms with Gasteiger partial charge in [-0.05, 0) is 67.1 Å². The summed E-state index contributed by atoms with van der Waals surface area (Å²) in [5, 5.41) is 20.7. The standard InChI is InChI=1S/C29H33N5O4/c35-26-7-6-20-8-12-30-27(36)19-33(29(38)23-10-15-34-24(18-23)9-13-32-34)14-2-1-11-31-28(37)22-5-3-4-21(17-22)25(26)16-20/h3-7,9,13,16-17,23,35H,1-2,8,10-12,14-15,18-19H2,(H,30,36)(H,31,37). The van der Waals surface area contributed by atoms with E-state index in [-0.39, 0.29) is 35.9 Å². The van der Waals surface area contributed by atoms with Crippen LogP contribution in [0.3, 0.4) is 0 Å². The van der Waals surface area contributed by atoms with Crippen LogP contribution in [0.25, 0.3) is 11.1 Å². The minimum Gasteiger partial charge on any atom is -0.507 e. The van der Waals surface area contributed by atoms with E-state index in [0.717, 1.165) is 16.8 Å². The molecule has 2 aliphatic heterocycles. The summed E-state index contributed by atoms with van der Waals surface area (Å²) in [5.74, 6) is -0.432. The molecule has 1 aromatic heterocycles. The first kappa shape index (κ1) is 25.5. The van der Waals surface area contributed by atoms with Crippen molar-refractivity contribution >= 4 is 17.7 Å². The van der Waals surface area contributed by atoms with Gasteiger partial charge in [-0.25, -0.2) is 0 Å². The molecule has 3 aromatic rings. The fraction of sp³-hybridized carbons (Fsp3) is 0.379. The first-order valence-electron chi connectivity index (χ1n) is 13.2. The van der Waals surface area contributed by atoms with Crippen LogP contribution in [0.15, 0.2) is 54.7 Å². The number of benzene rings is 2. The Hall–Kier alpha value is -4.14. The van der Waals surface area contributed by atoms with E-state index in [9.17, 15) is 19.5 Å². The van der Waals surface area contributed by atoms with Crippen molar-refractivity contribution in [3.05, 3.63) is 71.5 Å². The van der Waals surface area contributed by atoms with Crippen molar-refractivity contribution in [2.45, 2.75) is 38.6 Å². The maximum Gasteiger partial charge on any atom is 0.251 e. The van der Waals surface area contributed by atoms with Crippen LogP contribution in [0.1, 0.15) is 40.9 Å². The average Bonchev–Trinajstić information content (AvgIpc) is 3.40. The van der Waals surface area contributed by atoms with Crippen LogP contribution in [0.4, 0.5) is 0 Å². The lowest BCUT2D eigenvalue weighted by Gasteiger charge is -2.29. The molecule has 198 valence electrons. The van der Waals surface area contributed by atoms with Gasteiger partial charge in [0.15, 0.2) is 0 Å². The maximum atomic E-state index is 13.5. The number of aromatic nitrogens is 2. The number of phenolic OH excluding ortho intramolecular Hbond substituents is 1. The van der Waals surface area contributed by atoms with Crippen molar-refractivity contribution in [1.29, 1.82) is 0 Å². The van der Waals surface area contributed by atoms with Gasteiger partial charge in [-0.2, -0.15) is 5.10 Å². The molecule has 0 saturated carbocycles. The third-order valence-corrected chi connectivity index (χ3v) is 7.32. The first-order chi connectivity index (χ1) is 18.5. The minimum absolute atomic E-state index is 0.00630. The van der Waals surface area contributed by atoms with Crippen LogP contribution >= 0.6 is 0 Å². The molecule has 1 unspecified atom stereocenters. The largest absolute Gasteiger partial charge is 0.507 e. The minimum atomic E-state index is -0.194. The number of hydrogen-bond donors (Lipinski definition) is 3. The van der Waals surface area contributed by atoms with Crippen LogP contribution in [-0.4, -0.2) is 63.7 Å². The molecule has 0 spiro atoms. The number of amides is 3. The van der Waals surface area contributed by atoms with Crippen molar-refractivity contribution < 1.29 is 19.5 Å². The van der Waals surface area contributed by atoms with E-state index in [1.807, 2.05) is 28.9 Å². The molecule has 1 atom stereocenters. The van der Waals surface area contributed by atoms with Gasteiger partial charge in [-0.15, -0.1) is 0 Å². The Kier molecular flexibility index (Phi) is 7.72. The van der Waals surface area contributed by atoms with Gasteiger partial charge in [0.1, 0.15) is 5.75 Å². The zero-order valence-electron chi connectivity index (χ0n) is 21.4. The zero-order valence-corrected chi connectivity index (χ0v) is 21.4. The number of nitrogens with zero attached hydrogens (tertiary/aromatic N) is 3. The van der Waals surface area contributed by atoms with Crippen molar-refractivity contribution in [3.63, 3.8) is 0 Å². The Labute approximate surface area is 221 Å². The molecule has 0 saturated heterocycles. The number of rotatable bonds is 1. The molecule has 9 heteroatoms. The third kappa shape index (κ3) is 5.88. The van der Waals surface area contributed by atoms with Crippen molar-refractivity contribution in [1.82, 2.24) is 25.3 Å². The number of aryl methyl sites for hydroxylation is 1. The van der Waals surface area contributed by atoms with E-state index >= 15 is 0 Å². The van der Waals surface area contributed by atoms with Crippen LogP contribution in [0, 0.1) is 5.92 Å². The second-order valence-electron chi connectivity index (χ2n) is 9.99. The summed E-state index contributed by atoms with van der Waals surface area (Å²) in [6, 6.07) is 14.5. The molecule has 0 radical (unpaired) electrons. The van der Waals surface area contributed by atoms with Crippen LogP contribution in [0.2, 0.25) is 0 Å². The molecule has 38 heavy (non-hydrogen) atoms. The highest BCUT2D eigenvalue weighted by molar-refractivity contribution is 5.95. The highest BCUT2D eigenvalue weighted by Crippen LogP contribution is 2.31. The quantitative estimate of drug-likeness (QED) is 0.461. The molecule has 3 N–H and O–H groups in total. The number of fused-ring (bicyclic) bond motifs is 6. The molecular formula is C29H33N5O4. The summed E-state index contributed by atoms with van der Waals surface area (Å²) in [6.07, 6.45) is 4.99. The van der Waals surface area contributed by atoms with Gasteiger partial charge in [0.2, 0.25) is 11.8 Å². The van der Waals surface area contributed by atoms with E-state index in [4.69, 9.17) is 0 Å². The molecule has 0 fully saturated rings. The summed E-state index contributed by atoms with van der Waals surface area (Å²) in [7, 11) is 0. The van der Waals surface area contributed by atoms with Crippen molar-refractivity contribution in [2.75, 3.05) is 26.2 Å². The molecular weight excluding hydrogens is 482 g/mol. The molecule has 2 aromatic carbocycles. The Morgan fingerprint density at radius 3 is 2.74 bits per heavy atom. The summed E-state index contributed by atoms with van der Waals surface area (Å²) in [6.45, 7) is 2.03. The van der Waals surface area contributed by atoms with Gasteiger partial charge in [-0.1, -0.05) is 18.2 Å². The van der Waals surface area contributed by atoms with Gasteiger partial charge in [0.05, 0.1) is 6.54 Å². The third-order valence-electron chi connectivity index (χ3n) is 7.32. The molecule has 9 nitrogen and oxygen atoms in total. The fourth-order valence-electron chi connectivity index (χ4n) is 5.21. The monoisotopic (exact) mass is 515 g/mol. The van der Waals surface area contributed by atoms with Gasteiger partial charge in [-0.3, -0.25) is 19.1 Å². The average molecular weight is 516 g/mol. The van der Waals surface area contributed by atoms with Gasteiger partial charge in [0.25, 0.3) is 5.91 Å². The number of carbonyl (C=O) groups excluding carboxylic acids is 3. The van der Waals surface area contributed by atoms with Gasteiger partial charge in [0, 0.05) is 61.5 Å².